The molecule has 0 radical (unpaired) electrons. The Morgan fingerprint density at radius 1 is 1.45 bits per heavy atom. The Morgan fingerprint density at radius 2 is 2.15 bits per heavy atom. The van der Waals surface area contributed by atoms with Gasteiger partial charge in [0.1, 0.15) is 0 Å². The van der Waals surface area contributed by atoms with Gasteiger partial charge in [-0.1, -0.05) is 50.7 Å². The highest BCUT2D eigenvalue weighted by molar-refractivity contribution is 14.1. The minimum atomic E-state index is -0.448. The smallest absolute Gasteiger partial charge is 0.0669 e. The van der Waals surface area contributed by atoms with E-state index in [1.54, 1.807) is 0 Å². The molecule has 1 fully saturated rings. The Balaban J connectivity index is 1.79. The molecule has 1 aliphatic rings. The number of hydrogen-bond donors (Lipinski definition) is 2. The van der Waals surface area contributed by atoms with Gasteiger partial charge in [-0.3, -0.25) is 0 Å². The van der Waals surface area contributed by atoms with Gasteiger partial charge < -0.3 is 10.4 Å². The maximum absolute atomic E-state index is 10.6. The first-order chi connectivity index (χ1) is 9.48. The normalized spacial score (nSPS) is 28.3. The largest absolute Gasteiger partial charge is 0.390 e. The third kappa shape index (κ3) is 4.97. The van der Waals surface area contributed by atoms with Crippen LogP contribution in [0, 0.1) is 0 Å². The molecule has 3 atom stereocenters. The van der Waals surface area contributed by atoms with E-state index in [2.05, 4.69) is 75.0 Å². The molecule has 2 rings (SSSR count). The van der Waals surface area contributed by atoms with Crippen molar-refractivity contribution in [3.63, 3.8) is 0 Å². The molecule has 0 bridgehead atoms. The molecule has 20 heavy (non-hydrogen) atoms. The SMILES string of the molecule is C[C@H](NCC[C@]1(O)CCCC(I)C1)c1ccc(Br)cc1. The van der Waals surface area contributed by atoms with E-state index in [9.17, 15) is 5.11 Å². The maximum atomic E-state index is 10.6. The highest BCUT2D eigenvalue weighted by Gasteiger charge is 2.32. The van der Waals surface area contributed by atoms with Crippen molar-refractivity contribution in [3.8, 4) is 0 Å². The van der Waals surface area contributed by atoms with Gasteiger partial charge in [0.15, 0.2) is 0 Å². The molecule has 0 aliphatic heterocycles. The predicted molar refractivity (Wildman–Crippen MR) is 96.4 cm³/mol. The number of rotatable bonds is 5. The number of hydrogen-bond acceptors (Lipinski definition) is 2. The molecule has 0 saturated heterocycles. The fourth-order valence-corrected chi connectivity index (χ4v) is 4.41. The van der Waals surface area contributed by atoms with Gasteiger partial charge in [0, 0.05) is 14.4 Å². The Labute approximate surface area is 144 Å². The number of benzene rings is 1. The minimum Gasteiger partial charge on any atom is -0.390 e. The van der Waals surface area contributed by atoms with Gasteiger partial charge in [-0.15, -0.1) is 0 Å². The third-order valence-electron chi connectivity index (χ3n) is 4.17. The summed E-state index contributed by atoms with van der Waals surface area (Å²) in [6.07, 6.45) is 5.17. The van der Waals surface area contributed by atoms with Crippen LogP contribution in [0.3, 0.4) is 0 Å². The number of alkyl halides is 1. The molecule has 1 unspecified atom stereocenters. The highest BCUT2D eigenvalue weighted by atomic mass is 127. The van der Waals surface area contributed by atoms with Crippen LogP contribution < -0.4 is 5.32 Å². The molecule has 1 aromatic carbocycles. The lowest BCUT2D eigenvalue weighted by Crippen LogP contribution is -2.38. The van der Waals surface area contributed by atoms with Crippen LogP contribution in [0.4, 0.5) is 0 Å². The summed E-state index contributed by atoms with van der Waals surface area (Å²) in [6.45, 7) is 3.05. The second-order valence-electron chi connectivity index (χ2n) is 5.90. The topological polar surface area (TPSA) is 32.3 Å². The Morgan fingerprint density at radius 3 is 2.80 bits per heavy atom. The highest BCUT2D eigenvalue weighted by Crippen LogP contribution is 2.34. The van der Waals surface area contributed by atoms with Crippen LogP contribution in [0.2, 0.25) is 0 Å². The van der Waals surface area contributed by atoms with Crippen LogP contribution >= 0.6 is 38.5 Å². The van der Waals surface area contributed by atoms with E-state index < -0.39 is 5.60 Å². The van der Waals surface area contributed by atoms with E-state index >= 15 is 0 Å². The van der Waals surface area contributed by atoms with Crippen LogP contribution in [0.5, 0.6) is 0 Å². The second kappa shape index (κ2) is 7.56. The van der Waals surface area contributed by atoms with E-state index in [0.717, 1.165) is 36.7 Å². The summed E-state index contributed by atoms with van der Waals surface area (Å²) in [5.74, 6) is 0. The van der Waals surface area contributed by atoms with Gasteiger partial charge in [0.2, 0.25) is 0 Å². The van der Waals surface area contributed by atoms with Gasteiger partial charge in [0.25, 0.3) is 0 Å². The molecule has 2 N–H and O–H groups in total. The molecule has 0 aromatic heterocycles. The zero-order valence-electron chi connectivity index (χ0n) is 11.9. The Bertz CT molecular complexity index is 425. The first-order valence-corrected chi connectivity index (χ1v) is 9.38. The number of halogens is 2. The van der Waals surface area contributed by atoms with Crippen LogP contribution in [-0.2, 0) is 0 Å². The zero-order chi connectivity index (χ0) is 14.6. The second-order valence-corrected chi connectivity index (χ2v) is 8.57. The quantitative estimate of drug-likeness (QED) is 0.506. The monoisotopic (exact) mass is 451 g/mol. The molecular weight excluding hydrogens is 429 g/mol. The fourth-order valence-electron chi connectivity index (χ4n) is 2.89. The lowest BCUT2D eigenvalue weighted by molar-refractivity contribution is 0.0000965. The summed E-state index contributed by atoms with van der Waals surface area (Å²) in [5, 5.41) is 14.1. The van der Waals surface area contributed by atoms with Crippen molar-refractivity contribution >= 4 is 38.5 Å². The van der Waals surface area contributed by atoms with Crippen molar-refractivity contribution in [1.82, 2.24) is 5.32 Å². The summed E-state index contributed by atoms with van der Waals surface area (Å²) in [7, 11) is 0. The average Bonchev–Trinajstić information content (AvgIpc) is 2.38. The van der Waals surface area contributed by atoms with Crippen molar-refractivity contribution in [2.45, 2.75) is 54.6 Å². The summed E-state index contributed by atoms with van der Waals surface area (Å²) >= 11 is 5.93. The van der Waals surface area contributed by atoms with Gasteiger partial charge in [-0.05, 0) is 63.3 Å². The van der Waals surface area contributed by atoms with Crippen LogP contribution in [0.15, 0.2) is 28.7 Å². The van der Waals surface area contributed by atoms with Crippen molar-refractivity contribution in [3.05, 3.63) is 34.3 Å². The molecule has 1 saturated carbocycles. The molecular formula is C16H23BrINO. The first kappa shape index (κ1) is 16.7. The third-order valence-corrected chi connectivity index (χ3v) is 5.76. The molecule has 112 valence electrons. The standard InChI is InChI=1S/C16H23BrINO/c1-12(13-4-6-14(17)7-5-13)19-10-9-16(20)8-2-3-15(18)11-16/h4-7,12,15,19-20H,2-3,8-11H2,1H3/t12-,15?,16+/m0/s1. The Hall–Kier alpha value is 0.350. The van der Waals surface area contributed by atoms with E-state index in [4.69, 9.17) is 0 Å². The van der Waals surface area contributed by atoms with Crippen molar-refractivity contribution in [2.24, 2.45) is 0 Å². The fraction of sp³-hybridized carbons (Fsp3) is 0.625. The number of nitrogens with one attached hydrogen (secondary N) is 1. The van der Waals surface area contributed by atoms with E-state index in [-0.39, 0.29) is 0 Å². The van der Waals surface area contributed by atoms with E-state index in [1.165, 1.54) is 12.0 Å². The van der Waals surface area contributed by atoms with Gasteiger partial charge in [0.05, 0.1) is 5.60 Å². The first-order valence-electron chi connectivity index (χ1n) is 7.34. The average molecular weight is 452 g/mol. The summed E-state index contributed by atoms with van der Waals surface area (Å²) in [4.78, 5) is 0. The maximum Gasteiger partial charge on any atom is 0.0669 e. The summed E-state index contributed by atoms with van der Waals surface area (Å²) in [6, 6.07) is 8.74. The molecule has 2 nitrogen and oxygen atoms in total. The van der Waals surface area contributed by atoms with E-state index in [0.29, 0.717) is 9.97 Å². The van der Waals surface area contributed by atoms with E-state index in [1.807, 2.05) is 0 Å². The molecule has 0 amide bonds. The lowest BCUT2D eigenvalue weighted by Gasteiger charge is -2.35. The van der Waals surface area contributed by atoms with Gasteiger partial charge >= 0.3 is 0 Å². The minimum absolute atomic E-state index is 0.325. The molecule has 4 heteroatoms. The number of aliphatic hydroxyl groups is 1. The van der Waals surface area contributed by atoms with Crippen LogP contribution in [0.25, 0.3) is 0 Å². The van der Waals surface area contributed by atoms with Crippen molar-refractivity contribution < 1.29 is 5.11 Å². The van der Waals surface area contributed by atoms with Crippen LogP contribution in [-0.4, -0.2) is 21.2 Å². The summed E-state index contributed by atoms with van der Waals surface area (Å²) < 4.78 is 1.74. The van der Waals surface area contributed by atoms with Crippen molar-refractivity contribution in [1.29, 1.82) is 0 Å². The van der Waals surface area contributed by atoms with Gasteiger partial charge in [-0.25, -0.2) is 0 Å². The molecule has 0 heterocycles. The van der Waals surface area contributed by atoms with Crippen molar-refractivity contribution in [2.75, 3.05) is 6.54 Å². The molecule has 0 spiro atoms. The molecule has 1 aromatic rings. The lowest BCUT2D eigenvalue weighted by atomic mass is 9.82. The zero-order valence-corrected chi connectivity index (χ0v) is 15.7. The summed E-state index contributed by atoms with van der Waals surface area (Å²) in [5.41, 5.74) is 0.840. The predicted octanol–water partition coefficient (Wildman–Crippen LogP) is 4.60. The Kier molecular flexibility index (Phi) is 6.32. The van der Waals surface area contributed by atoms with Gasteiger partial charge in [-0.2, -0.15) is 0 Å². The van der Waals surface area contributed by atoms with Crippen LogP contribution in [0.1, 0.15) is 50.6 Å². The molecule has 1 aliphatic carbocycles.